The molecule has 2 aliphatic heterocycles. The van der Waals surface area contributed by atoms with Gasteiger partial charge < -0.3 is 14.6 Å². The van der Waals surface area contributed by atoms with E-state index < -0.39 is 27.9 Å². The lowest BCUT2D eigenvalue weighted by molar-refractivity contribution is -0.141. The molecule has 138 valence electrons. The number of carboxylic acids is 1. The van der Waals surface area contributed by atoms with E-state index in [0.717, 1.165) is 19.3 Å². The standard InChI is InChI=1S/C16H23N3O5S/c1-17-11-12(25(23,24)18-7-3-2-4-8-18)10-14(17)15(20)19-9-5-6-13(19)16(21)22/h10-11,13H,2-9H2,1H3,(H,21,22). The van der Waals surface area contributed by atoms with Crippen LogP contribution in [0.4, 0.5) is 0 Å². The zero-order valence-electron chi connectivity index (χ0n) is 14.2. The largest absolute Gasteiger partial charge is 0.480 e. The number of carbonyl (C=O) groups excluding carboxylic acids is 1. The summed E-state index contributed by atoms with van der Waals surface area (Å²) >= 11 is 0. The molecular formula is C16H23N3O5S. The highest BCUT2D eigenvalue weighted by Gasteiger charge is 2.36. The predicted octanol–water partition coefficient (Wildman–Crippen LogP) is 0.889. The fourth-order valence-corrected chi connectivity index (χ4v) is 5.14. The van der Waals surface area contributed by atoms with Crippen molar-refractivity contribution >= 4 is 21.9 Å². The maximum atomic E-state index is 12.8. The molecule has 0 aromatic carbocycles. The zero-order chi connectivity index (χ0) is 18.2. The normalized spacial score (nSPS) is 22.3. The Balaban J connectivity index is 1.87. The summed E-state index contributed by atoms with van der Waals surface area (Å²) < 4.78 is 28.4. The average molecular weight is 369 g/mol. The number of hydrogen-bond acceptors (Lipinski definition) is 4. The molecule has 0 bridgehead atoms. The van der Waals surface area contributed by atoms with Crippen LogP contribution >= 0.6 is 0 Å². The summed E-state index contributed by atoms with van der Waals surface area (Å²) in [5, 5.41) is 9.25. The molecule has 0 spiro atoms. The van der Waals surface area contributed by atoms with Crippen molar-refractivity contribution in [1.29, 1.82) is 0 Å². The van der Waals surface area contributed by atoms with Gasteiger partial charge in [-0.25, -0.2) is 13.2 Å². The van der Waals surface area contributed by atoms with Gasteiger partial charge in [-0.3, -0.25) is 4.79 Å². The Morgan fingerprint density at radius 2 is 1.80 bits per heavy atom. The molecule has 2 aliphatic rings. The van der Waals surface area contributed by atoms with Gasteiger partial charge in [-0.1, -0.05) is 6.42 Å². The highest BCUT2D eigenvalue weighted by Crippen LogP contribution is 2.25. The van der Waals surface area contributed by atoms with Gasteiger partial charge in [-0.15, -0.1) is 0 Å². The van der Waals surface area contributed by atoms with E-state index in [9.17, 15) is 23.1 Å². The van der Waals surface area contributed by atoms with Crippen molar-refractivity contribution in [2.24, 2.45) is 7.05 Å². The first kappa shape index (κ1) is 17.9. The molecule has 9 heteroatoms. The Labute approximate surface area is 147 Å². The van der Waals surface area contributed by atoms with E-state index >= 15 is 0 Å². The molecule has 3 heterocycles. The Kier molecular flexibility index (Phi) is 4.88. The maximum Gasteiger partial charge on any atom is 0.326 e. The Bertz CT molecular complexity index is 780. The molecule has 1 unspecified atom stereocenters. The molecule has 8 nitrogen and oxygen atoms in total. The number of aryl methyl sites for hydroxylation is 1. The van der Waals surface area contributed by atoms with Crippen LogP contribution in [-0.2, 0) is 21.9 Å². The Morgan fingerprint density at radius 1 is 1.12 bits per heavy atom. The van der Waals surface area contributed by atoms with Crippen LogP contribution in [0.5, 0.6) is 0 Å². The van der Waals surface area contributed by atoms with Crippen molar-refractivity contribution in [1.82, 2.24) is 13.8 Å². The van der Waals surface area contributed by atoms with Gasteiger partial charge in [0.25, 0.3) is 5.91 Å². The van der Waals surface area contributed by atoms with Crippen LogP contribution in [0.3, 0.4) is 0 Å². The molecule has 1 amide bonds. The van der Waals surface area contributed by atoms with Gasteiger partial charge in [-0.05, 0) is 31.7 Å². The summed E-state index contributed by atoms with van der Waals surface area (Å²) in [6, 6.07) is 0.522. The first-order chi connectivity index (χ1) is 11.8. The first-order valence-corrected chi connectivity index (χ1v) is 9.96. The number of hydrogen-bond donors (Lipinski definition) is 1. The minimum absolute atomic E-state index is 0.0892. The number of likely N-dealkylation sites (tertiary alicyclic amines) is 1. The van der Waals surface area contributed by atoms with Crippen LogP contribution in [0.25, 0.3) is 0 Å². The second-order valence-corrected chi connectivity index (χ2v) is 8.57. The highest BCUT2D eigenvalue weighted by molar-refractivity contribution is 7.89. The van der Waals surface area contributed by atoms with Gasteiger partial charge in [0, 0.05) is 32.9 Å². The topological polar surface area (TPSA) is 99.9 Å². The SMILES string of the molecule is Cn1cc(S(=O)(=O)N2CCCCC2)cc1C(=O)N1CCCC1C(=O)O. The number of aliphatic carboxylic acids is 1. The summed E-state index contributed by atoms with van der Waals surface area (Å²) in [5.74, 6) is -1.46. The number of carbonyl (C=O) groups is 2. The minimum atomic E-state index is -3.63. The number of nitrogens with zero attached hydrogens (tertiary/aromatic N) is 3. The van der Waals surface area contributed by atoms with E-state index in [4.69, 9.17) is 0 Å². The summed E-state index contributed by atoms with van der Waals surface area (Å²) in [7, 11) is -2.02. The van der Waals surface area contributed by atoms with E-state index in [1.807, 2.05) is 0 Å². The smallest absolute Gasteiger partial charge is 0.326 e. The lowest BCUT2D eigenvalue weighted by atomic mass is 10.2. The Morgan fingerprint density at radius 3 is 2.44 bits per heavy atom. The molecule has 25 heavy (non-hydrogen) atoms. The summed E-state index contributed by atoms with van der Waals surface area (Å²) in [5.41, 5.74) is 0.198. The summed E-state index contributed by atoms with van der Waals surface area (Å²) in [6.07, 6.45) is 5.19. The van der Waals surface area contributed by atoms with E-state index in [-0.39, 0.29) is 10.6 Å². The van der Waals surface area contributed by atoms with Gasteiger partial charge in [-0.2, -0.15) is 4.31 Å². The molecule has 1 atom stereocenters. The van der Waals surface area contributed by atoms with Crippen LogP contribution in [0.1, 0.15) is 42.6 Å². The molecule has 0 saturated carbocycles. The van der Waals surface area contributed by atoms with Crippen LogP contribution < -0.4 is 0 Å². The number of carboxylic acid groups (broad SMARTS) is 1. The highest BCUT2D eigenvalue weighted by atomic mass is 32.2. The van der Waals surface area contributed by atoms with E-state index in [0.29, 0.717) is 32.5 Å². The van der Waals surface area contributed by atoms with Gasteiger partial charge in [0.15, 0.2) is 0 Å². The van der Waals surface area contributed by atoms with Crippen LogP contribution in [0.2, 0.25) is 0 Å². The number of rotatable bonds is 4. The lowest BCUT2D eigenvalue weighted by Gasteiger charge is -2.25. The third-order valence-electron chi connectivity index (χ3n) is 4.95. The van der Waals surface area contributed by atoms with Crippen LogP contribution in [0, 0.1) is 0 Å². The number of aromatic nitrogens is 1. The van der Waals surface area contributed by atoms with Crippen molar-refractivity contribution in [3.63, 3.8) is 0 Å². The van der Waals surface area contributed by atoms with Crippen LogP contribution in [-0.4, -0.2) is 64.8 Å². The van der Waals surface area contributed by atoms with E-state index in [2.05, 4.69) is 0 Å². The van der Waals surface area contributed by atoms with Crippen LogP contribution in [0.15, 0.2) is 17.2 Å². The van der Waals surface area contributed by atoms with Crippen molar-refractivity contribution in [2.75, 3.05) is 19.6 Å². The van der Waals surface area contributed by atoms with Gasteiger partial charge >= 0.3 is 5.97 Å². The second kappa shape index (κ2) is 6.80. The quantitative estimate of drug-likeness (QED) is 0.850. The fourth-order valence-electron chi connectivity index (χ4n) is 3.56. The van der Waals surface area contributed by atoms with Gasteiger partial charge in [0.1, 0.15) is 16.6 Å². The molecule has 2 fully saturated rings. The monoisotopic (exact) mass is 369 g/mol. The fraction of sp³-hybridized carbons (Fsp3) is 0.625. The molecule has 2 saturated heterocycles. The lowest BCUT2D eigenvalue weighted by Crippen LogP contribution is -2.41. The van der Waals surface area contributed by atoms with Crippen molar-refractivity contribution in [3.05, 3.63) is 18.0 Å². The molecule has 0 radical (unpaired) electrons. The van der Waals surface area contributed by atoms with E-state index in [1.54, 1.807) is 7.05 Å². The molecule has 3 rings (SSSR count). The zero-order valence-corrected chi connectivity index (χ0v) is 15.0. The van der Waals surface area contributed by atoms with Gasteiger partial charge in [0.05, 0.1) is 0 Å². The minimum Gasteiger partial charge on any atom is -0.480 e. The molecule has 1 N–H and O–H groups in total. The van der Waals surface area contributed by atoms with Crippen molar-refractivity contribution in [3.8, 4) is 0 Å². The number of piperidine rings is 1. The Hall–Kier alpha value is -1.87. The molecular weight excluding hydrogens is 346 g/mol. The number of sulfonamides is 1. The number of amides is 1. The summed E-state index contributed by atoms with van der Waals surface area (Å²) in [4.78, 5) is 25.4. The van der Waals surface area contributed by atoms with Gasteiger partial charge in [0.2, 0.25) is 10.0 Å². The molecule has 1 aromatic heterocycles. The third-order valence-corrected chi connectivity index (χ3v) is 6.81. The van der Waals surface area contributed by atoms with Crippen molar-refractivity contribution in [2.45, 2.75) is 43.0 Å². The van der Waals surface area contributed by atoms with E-state index in [1.165, 1.54) is 26.0 Å². The molecule has 0 aliphatic carbocycles. The molecule has 1 aromatic rings. The van der Waals surface area contributed by atoms with Crippen molar-refractivity contribution < 1.29 is 23.1 Å². The predicted molar refractivity (Wildman–Crippen MR) is 89.7 cm³/mol. The maximum absolute atomic E-state index is 12.8. The third kappa shape index (κ3) is 3.30. The first-order valence-electron chi connectivity index (χ1n) is 8.52. The summed E-state index contributed by atoms with van der Waals surface area (Å²) in [6.45, 7) is 1.36. The second-order valence-electron chi connectivity index (χ2n) is 6.63. The average Bonchev–Trinajstić information content (AvgIpc) is 3.22.